The van der Waals surface area contributed by atoms with Crippen molar-refractivity contribution in [2.24, 2.45) is 10.9 Å². The summed E-state index contributed by atoms with van der Waals surface area (Å²) >= 11 is 3.24. The summed E-state index contributed by atoms with van der Waals surface area (Å²) in [5.41, 5.74) is 0.593. The van der Waals surface area contributed by atoms with E-state index in [-0.39, 0.29) is 19.0 Å². The highest BCUT2D eigenvalue weighted by Crippen LogP contribution is 2.29. The Bertz CT molecular complexity index is 426. The molecular formula is C13H15BrFNO2. The van der Waals surface area contributed by atoms with Crippen LogP contribution in [-0.2, 0) is 4.74 Å². The van der Waals surface area contributed by atoms with Gasteiger partial charge in [0.1, 0.15) is 12.4 Å². The number of aliphatic hydroxyl groups excluding tert-OH is 1. The molecule has 18 heavy (non-hydrogen) atoms. The van der Waals surface area contributed by atoms with Crippen molar-refractivity contribution in [3.05, 3.63) is 34.1 Å². The molecule has 1 N–H and O–H groups in total. The number of hydrogen-bond acceptors (Lipinski definition) is 3. The summed E-state index contributed by atoms with van der Waals surface area (Å²) in [5, 5.41) is 8.80. The lowest BCUT2D eigenvalue weighted by atomic mass is 10.2. The Morgan fingerprint density at radius 1 is 1.44 bits per heavy atom. The zero-order valence-corrected chi connectivity index (χ0v) is 11.5. The van der Waals surface area contributed by atoms with Gasteiger partial charge in [0, 0.05) is 16.6 Å². The van der Waals surface area contributed by atoms with Crippen molar-refractivity contribution in [1.29, 1.82) is 0 Å². The van der Waals surface area contributed by atoms with E-state index in [4.69, 9.17) is 9.84 Å². The molecule has 5 heteroatoms. The molecule has 0 heterocycles. The van der Waals surface area contributed by atoms with Gasteiger partial charge in [0.05, 0.1) is 6.61 Å². The van der Waals surface area contributed by atoms with Crippen molar-refractivity contribution in [1.82, 2.24) is 0 Å². The maximum Gasteiger partial charge on any atom is 0.216 e. The van der Waals surface area contributed by atoms with Crippen LogP contribution in [-0.4, -0.2) is 30.8 Å². The smallest absolute Gasteiger partial charge is 0.216 e. The van der Waals surface area contributed by atoms with E-state index >= 15 is 0 Å². The fraction of sp³-hybridized carbons (Fsp3) is 0.462. The Balaban J connectivity index is 2.16. The number of hydrogen-bond donors (Lipinski definition) is 1. The highest BCUT2D eigenvalue weighted by Gasteiger charge is 2.21. The summed E-state index contributed by atoms with van der Waals surface area (Å²) in [6.45, 7) is 0.783. The summed E-state index contributed by atoms with van der Waals surface area (Å²) in [6, 6.07) is 4.52. The highest BCUT2D eigenvalue weighted by atomic mass is 79.9. The minimum atomic E-state index is -0.342. The number of aliphatic imine (C=N–C) groups is 1. The summed E-state index contributed by atoms with van der Waals surface area (Å²) in [7, 11) is 0. The number of aliphatic hydroxyl groups is 1. The molecule has 1 saturated carbocycles. The summed E-state index contributed by atoms with van der Waals surface area (Å²) in [5.74, 6) is 0.692. The van der Waals surface area contributed by atoms with Gasteiger partial charge < -0.3 is 9.84 Å². The Morgan fingerprint density at radius 3 is 2.83 bits per heavy atom. The molecule has 0 aromatic heterocycles. The largest absolute Gasteiger partial charge is 0.475 e. The van der Waals surface area contributed by atoms with Crippen molar-refractivity contribution < 1.29 is 14.2 Å². The first kappa shape index (κ1) is 13.5. The van der Waals surface area contributed by atoms with Crippen LogP contribution in [0.1, 0.15) is 18.4 Å². The molecule has 1 aromatic rings. The molecule has 0 aliphatic heterocycles. The number of nitrogens with zero attached hydrogens (tertiary/aromatic N) is 1. The molecule has 3 nitrogen and oxygen atoms in total. The lowest BCUT2D eigenvalue weighted by Crippen LogP contribution is -2.12. The average Bonchev–Trinajstić information content (AvgIpc) is 3.11. The van der Waals surface area contributed by atoms with Crippen LogP contribution in [0.25, 0.3) is 0 Å². The van der Waals surface area contributed by atoms with Gasteiger partial charge in [-0.15, -0.1) is 0 Å². The fourth-order valence-electron chi connectivity index (χ4n) is 1.55. The molecule has 1 aliphatic carbocycles. The third-order valence-electron chi connectivity index (χ3n) is 2.63. The first-order valence-corrected chi connectivity index (χ1v) is 6.73. The molecule has 0 radical (unpaired) electrons. The summed E-state index contributed by atoms with van der Waals surface area (Å²) < 4.78 is 19.4. The first-order chi connectivity index (χ1) is 8.69. The van der Waals surface area contributed by atoms with Gasteiger partial charge in [-0.25, -0.2) is 4.39 Å². The molecule has 0 atom stereocenters. The van der Waals surface area contributed by atoms with E-state index in [0.29, 0.717) is 28.4 Å². The number of rotatable bonds is 5. The van der Waals surface area contributed by atoms with Crippen LogP contribution in [0, 0.1) is 11.7 Å². The summed E-state index contributed by atoms with van der Waals surface area (Å²) in [4.78, 5) is 4.37. The van der Waals surface area contributed by atoms with Crippen molar-refractivity contribution in [3.8, 4) is 0 Å². The topological polar surface area (TPSA) is 41.8 Å². The number of halogens is 2. The molecule has 0 bridgehead atoms. The fourth-order valence-corrected chi connectivity index (χ4v) is 2.02. The molecule has 0 saturated heterocycles. The second-order valence-electron chi connectivity index (χ2n) is 4.32. The standard InChI is InChI=1S/C13H15BrFNO2/c14-11-5-10(6-12(15)7-11)13(18-4-3-17)16-8-9-1-2-9/h5-7,9,17H,1-4,8H2/b16-13+. The van der Waals surface area contributed by atoms with E-state index < -0.39 is 0 Å². The normalized spacial score (nSPS) is 15.8. The molecule has 1 fully saturated rings. The average molecular weight is 316 g/mol. The van der Waals surface area contributed by atoms with Gasteiger partial charge in [0.15, 0.2) is 0 Å². The van der Waals surface area contributed by atoms with Gasteiger partial charge in [0.25, 0.3) is 0 Å². The van der Waals surface area contributed by atoms with Crippen molar-refractivity contribution in [2.75, 3.05) is 19.8 Å². The predicted octanol–water partition coefficient (Wildman–Crippen LogP) is 2.75. The summed E-state index contributed by atoms with van der Waals surface area (Å²) in [6.07, 6.45) is 2.40. The van der Waals surface area contributed by atoms with E-state index in [1.165, 1.54) is 25.0 Å². The van der Waals surface area contributed by atoms with Crippen LogP contribution in [0.3, 0.4) is 0 Å². The Labute approximate surface area is 114 Å². The molecule has 0 spiro atoms. The van der Waals surface area contributed by atoms with Crippen LogP contribution in [0.5, 0.6) is 0 Å². The second kappa shape index (κ2) is 6.29. The lowest BCUT2D eigenvalue weighted by molar-refractivity contribution is 0.194. The molecule has 98 valence electrons. The Kier molecular flexibility index (Phi) is 4.72. The van der Waals surface area contributed by atoms with Crippen molar-refractivity contribution >= 4 is 21.8 Å². The van der Waals surface area contributed by atoms with E-state index in [1.807, 2.05) is 0 Å². The van der Waals surface area contributed by atoms with Crippen LogP contribution in [0.2, 0.25) is 0 Å². The second-order valence-corrected chi connectivity index (χ2v) is 5.24. The van der Waals surface area contributed by atoms with Crippen molar-refractivity contribution in [3.63, 3.8) is 0 Å². The van der Waals surface area contributed by atoms with Gasteiger partial charge in [-0.1, -0.05) is 15.9 Å². The molecule has 0 amide bonds. The number of ether oxygens (including phenoxy) is 1. The molecule has 0 unspecified atom stereocenters. The third-order valence-corrected chi connectivity index (χ3v) is 3.09. The van der Waals surface area contributed by atoms with E-state index in [9.17, 15) is 4.39 Å². The van der Waals surface area contributed by atoms with Gasteiger partial charge in [0.2, 0.25) is 5.90 Å². The Hall–Kier alpha value is -0.940. The van der Waals surface area contributed by atoms with Crippen LogP contribution in [0.4, 0.5) is 4.39 Å². The maximum absolute atomic E-state index is 13.3. The first-order valence-electron chi connectivity index (χ1n) is 5.93. The third kappa shape index (κ3) is 4.07. The lowest BCUT2D eigenvalue weighted by Gasteiger charge is -2.09. The van der Waals surface area contributed by atoms with Gasteiger partial charge in [-0.3, -0.25) is 4.99 Å². The molecular weight excluding hydrogens is 301 g/mol. The van der Waals surface area contributed by atoms with Crippen LogP contribution >= 0.6 is 15.9 Å². The zero-order chi connectivity index (χ0) is 13.0. The SMILES string of the molecule is OCCO/C(=N/CC1CC1)c1cc(F)cc(Br)c1. The van der Waals surface area contributed by atoms with E-state index in [0.717, 1.165) is 0 Å². The molecule has 1 aliphatic rings. The van der Waals surface area contributed by atoms with Gasteiger partial charge in [-0.2, -0.15) is 0 Å². The predicted molar refractivity (Wildman–Crippen MR) is 71.3 cm³/mol. The van der Waals surface area contributed by atoms with E-state index in [2.05, 4.69) is 20.9 Å². The number of benzene rings is 1. The van der Waals surface area contributed by atoms with Gasteiger partial charge in [-0.05, 0) is 37.0 Å². The Morgan fingerprint density at radius 2 is 2.22 bits per heavy atom. The maximum atomic E-state index is 13.3. The van der Waals surface area contributed by atoms with E-state index in [1.54, 1.807) is 6.07 Å². The van der Waals surface area contributed by atoms with Gasteiger partial charge >= 0.3 is 0 Å². The van der Waals surface area contributed by atoms with Crippen molar-refractivity contribution in [2.45, 2.75) is 12.8 Å². The zero-order valence-electron chi connectivity index (χ0n) is 9.90. The monoisotopic (exact) mass is 315 g/mol. The minimum absolute atomic E-state index is 0.0844. The highest BCUT2D eigenvalue weighted by molar-refractivity contribution is 9.10. The molecule has 1 aromatic carbocycles. The van der Waals surface area contributed by atoms with Crippen LogP contribution in [0.15, 0.2) is 27.7 Å². The molecule has 2 rings (SSSR count). The quantitative estimate of drug-likeness (QED) is 0.670. The van der Waals surface area contributed by atoms with Crippen LogP contribution < -0.4 is 0 Å². The minimum Gasteiger partial charge on any atom is -0.475 e.